The van der Waals surface area contributed by atoms with Gasteiger partial charge in [0.05, 0.1) is 5.75 Å². The van der Waals surface area contributed by atoms with E-state index in [2.05, 4.69) is 20.8 Å². The molecule has 0 aliphatic heterocycles. The minimum atomic E-state index is 0.119. The van der Waals surface area contributed by atoms with Gasteiger partial charge in [-0.15, -0.1) is 10.2 Å². The summed E-state index contributed by atoms with van der Waals surface area (Å²) in [6.45, 7) is 0. The van der Waals surface area contributed by atoms with E-state index in [0.29, 0.717) is 17.8 Å². The number of rotatable bonds is 6. The number of hydrogen-bond donors (Lipinski definition) is 2. The molecule has 1 heterocycles. The Hall–Kier alpha value is -0.820. The summed E-state index contributed by atoms with van der Waals surface area (Å²) in [6.07, 6.45) is 8.51. The molecule has 0 bridgehead atoms. The summed E-state index contributed by atoms with van der Waals surface area (Å²) in [7, 11) is 0. The van der Waals surface area contributed by atoms with Crippen LogP contribution in [0.25, 0.3) is 0 Å². The maximum Gasteiger partial charge on any atom is 0.230 e. The Labute approximate surface area is 127 Å². The SMILES string of the molecule is O=C(CSc1nnc(NC2CC2)s1)NC1CCCCC1. The van der Waals surface area contributed by atoms with E-state index in [1.165, 1.54) is 55.2 Å². The summed E-state index contributed by atoms with van der Waals surface area (Å²) in [4.78, 5) is 11.9. The van der Waals surface area contributed by atoms with Gasteiger partial charge < -0.3 is 10.6 Å². The zero-order valence-corrected chi connectivity index (χ0v) is 13.1. The lowest BCUT2D eigenvalue weighted by Gasteiger charge is -2.22. The summed E-state index contributed by atoms with van der Waals surface area (Å²) >= 11 is 3.02. The molecule has 110 valence electrons. The molecule has 20 heavy (non-hydrogen) atoms. The highest BCUT2D eigenvalue weighted by Crippen LogP contribution is 2.30. The molecule has 2 aliphatic carbocycles. The Morgan fingerprint density at radius 1 is 1.15 bits per heavy atom. The molecule has 0 spiro atoms. The van der Waals surface area contributed by atoms with Crippen LogP contribution in [0.4, 0.5) is 5.13 Å². The van der Waals surface area contributed by atoms with Crippen molar-refractivity contribution in [1.82, 2.24) is 15.5 Å². The fraction of sp³-hybridized carbons (Fsp3) is 0.769. The van der Waals surface area contributed by atoms with Crippen LogP contribution in [-0.4, -0.2) is 33.9 Å². The number of thioether (sulfide) groups is 1. The van der Waals surface area contributed by atoms with Crippen molar-refractivity contribution in [2.45, 2.75) is 61.4 Å². The van der Waals surface area contributed by atoms with Crippen molar-refractivity contribution in [2.75, 3.05) is 11.1 Å². The van der Waals surface area contributed by atoms with Crippen molar-refractivity contribution in [3.8, 4) is 0 Å². The van der Waals surface area contributed by atoms with E-state index in [0.717, 1.165) is 22.3 Å². The molecule has 3 rings (SSSR count). The van der Waals surface area contributed by atoms with Crippen molar-refractivity contribution >= 4 is 34.1 Å². The quantitative estimate of drug-likeness (QED) is 0.791. The van der Waals surface area contributed by atoms with Crippen LogP contribution in [0, 0.1) is 0 Å². The van der Waals surface area contributed by atoms with Crippen LogP contribution >= 0.6 is 23.1 Å². The normalized spacial score (nSPS) is 19.8. The van der Waals surface area contributed by atoms with Crippen molar-refractivity contribution < 1.29 is 4.79 Å². The van der Waals surface area contributed by atoms with E-state index in [9.17, 15) is 4.79 Å². The van der Waals surface area contributed by atoms with Crippen LogP contribution in [0.3, 0.4) is 0 Å². The summed E-state index contributed by atoms with van der Waals surface area (Å²) < 4.78 is 0.868. The van der Waals surface area contributed by atoms with Crippen molar-refractivity contribution in [1.29, 1.82) is 0 Å². The lowest BCUT2D eigenvalue weighted by atomic mass is 9.95. The molecule has 0 aromatic carbocycles. The lowest BCUT2D eigenvalue weighted by Crippen LogP contribution is -2.37. The lowest BCUT2D eigenvalue weighted by molar-refractivity contribution is -0.119. The van der Waals surface area contributed by atoms with Crippen LogP contribution in [0.5, 0.6) is 0 Å². The van der Waals surface area contributed by atoms with Gasteiger partial charge in [-0.3, -0.25) is 4.79 Å². The Morgan fingerprint density at radius 3 is 2.70 bits per heavy atom. The fourth-order valence-corrected chi connectivity index (χ4v) is 4.01. The molecule has 2 saturated carbocycles. The number of nitrogens with zero attached hydrogens (tertiary/aromatic N) is 2. The number of amides is 1. The van der Waals surface area contributed by atoms with E-state index >= 15 is 0 Å². The molecule has 0 unspecified atom stereocenters. The van der Waals surface area contributed by atoms with Crippen LogP contribution in [0.2, 0.25) is 0 Å². The summed E-state index contributed by atoms with van der Waals surface area (Å²) in [5.41, 5.74) is 0. The van der Waals surface area contributed by atoms with E-state index < -0.39 is 0 Å². The van der Waals surface area contributed by atoms with Gasteiger partial charge >= 0.3 is 0 Å². The third-order valence-corrected chi connectivity index (χ3v) is 5.60. The highest BCUT2D eigenvalue weighted by molar-refractivity contribution is 8.01. The summed E-state index contributed by atoms with van der Waals surface area (Å²) in [5, 5.41) is 15.5. The summed E-state index contributed by atoms with van der Waals surface area (Å²) in [5.74, 6) is 0.558. The average Bonchev–Trinajstić information content (AvgIpc) is 3.15. The fourth-order valence-electron chi connectivity index (χ4n) is 2.37. The monoisotopic (exact) mass is 312 g/mol. The second-order valence-corrected chi connectivity index (χ2v) is 7.68. The highest BCUT2D eigenvalue weighted by atomic mass is 32.2. The van der Waals surface area contributed by atoms with Gasteiger partial charge in [-0.2, -0.15) is 0 Å². The topological polar surface area (TPSA) is 66.9 Å². The van der Waals surface area contributed by atoms with E-state index in [-0.39, 0.29) is 5.91 Å². The predicted octanol–water partition coefficient (Wildman–Crippen LogP) is 2.65. The number of aromatic nitrogens is 2. The molecule has 2 fully saturated rings. The number of hydrogen-bond acceptors (Lipinski definition) is 6. The molecule has 2 aliphatic rings. The molecule has 0 atom stereocenters. The van der Waals surface area contributed by atoms with Gasteiger partial charge in [0.1, 0.15) is 0 Å². The first-order chi connectivity index (χ1) is 9.79. The van der Waals surface area contributed by atoms with Crippen LogP contribution in [0.1, 0.15) is 44.9 Å². The summed E-state index contributed by atoms with van der Waals surface area (Å²) in [6, 6.07) is 0.980. The predicted molar refractivity (Wildman–Crippen MR) is 82.3 cm³/mol. The molecule has 2 N–H and O–H groups in total. The van der Waals surface area contributed by atoms with Crippen LogP contribution in [0.15, 0.2) is 4.34 Å². The zero-order valence-electron chi connectivity index (χ0n) is 11.4. The molecular formula is C13H20N4OS2. The van der Waals surface area contributed by atoms with Crippen LogP contribution in [-0.2, 0) is 4.79 Å². The van der Waals surface area contributed by atoms with Gasteiger partial charge in [0.25, 0.3) is 0 Å². The van der Waals surface area contributed by atoms with Crippen LogP contribution < -0.4 is 10.6 Å². The average molecular weight is 312 g/mol. The number of anilines is 1. The minimum Gasteiger partial charge on any atom is -0.357 e. The standard InChI is InChI=1S/C13H20N4OS2/c18-11(14-9-4-2-1-3-5-9)8-19-13-17-16-12(20-13)15-10-6-7-10/h9-10H,1-8H2,(H,14,18)(H,15,16). The number of nitrogens with one attached hydrogen (secondary N) is 2. The van der Waals surface area contributed by atoms with E-state index in [1.54, 1.807) is 0 Å². The van der Waals surface area contributed by atoms with Gasteiger partial charge in [-0.1, -0.05) is 42.4 Å². The molecule has 1 amide bonds. The Bertz CT molecular complexity index is 455. The Kier molecular flexibility index (Phi) is 4.77. The number of carbonyl (C=O) groups excluding carboxylic acids is 1. The van der Waals surface area contributed by atoms with Gasteiger partial charge in [-0.25, -0.2) is 0 Å². The molecule has 1 aromatic rings. The number of carbonyl (C=O) groups is 1. The molecule has 0 saturated heterocycles. The van der Waals surface area contributed by atoms with Gasteiger partial charge in [0.2, 0.25) is 11.0 Å². The van der Waals surface area contributed by atoms with Crippen molar-refractivity contribution in [3.05, 3.63) is 0 Å². The first-order valence-corrected chi connectivity index (χ1v) is 9.12. The second-order valence-electron chi connectivity index (χ2n) is 5.48. The maximum absolute atomic E-state index is 11.9. The molecule has 5 nitrogen and oxygen atoms in total. The molecule has 0 radical (unpaired) electrons. The minimum absolute atomic E-state index is 0.119. The third kappa shape index (κ3) is 4.34. The van der Waals surface area contributed by atoms with Gasteiger partial charge in [0, 0.05) is 12.1 Å². The first kappa shape index (κ1) is 14.1. The smallest absolute Gasteiger partial charge is 0.230 e. The Balaban J connectivity index is 1.39. The molecule has 7 heteroatoms. The van der Waals surface area contributed by atoms with Gasteiger partial charge in [-0.05, 0) is 25.7 Å². The third-order valence-electron chi connectivity index (χ3n) is 3.61. The van der Waals surface area contributed by atoms with E-state index in [4.69, 9.17) is 0 Å². The van der Waals surface area contributed by atoms with E-state index in [1.807, 2.05) is 0 Å². The van der Waals surface area contributed by atoms with Crippen molar-refractivity contribution in [3.63, 3.8) is 0 Å². The molecule has 1 aromatic heterocycles. The largest absolute Gasteiger partial charge is 0.357 e. The Morgan fingerprint density at radius 2 is 1.95 bits per heavy atom. The molecular weight excluding hydrogens is 292 g/mol. The van der Waals surface area contributed by atoms with Crippen molar-refractivity contribution in [2.24, 2.45) is 0 Å². The zero-order chi connectivity index (χ0) is 13.8. The maximum atomic E-state index is 11.9. The second kappa shape index (κ2) is 6.76. The van der Waals surface area contributed by atoms with Gasteiger partial charge in [0.15, 0.2) is 4.34 Å². The highest BCUT2D eigenvalue weighted by Gasteiger charge is 2.22. The first-order valence-electron chi connectivity index (χ1n) is 7.32.